The minimum atomic E-state index is 0.590. The standard InChI is InChI=1S/C12H15N3O/c1-2-13-9-8-11-14-15-12(16-11)10-6-4-3-5-7-10/h3-7,13H,2,8-9H2,1H3. The van der Waals surface area contributed by atoms with Crippen LogP contribution in [0.25, 0.3) is 11.5 Å². The van der Waals surface area contributed by atoms with E-state index in [0.29, 0.717) is 11.8 Å². The summed E-state index contributed by atoms with van der Waals surface area (Å²) in [5.74, 6) is 1.27. The van der Waals surface area contributed by atoms with Gasteiger partial charge in [0.15, 0.2) is 0 Å². The zero-order chi connectivity index (χ0) is 11.2. The summed E-state index contributed by atoms with van der Waals surface area (Å²) in [4.78, 5) is 0. The Morgan fingerprint density at radius 1 is 1.19 bits per heavy atom. The monoisotopic (exact) mass is 217 g/mol. The van der Waals surface area contributed by atoms with E-state index >= 15 is 0 Å². The molecule has 1 aromatic heterocycles. The van der Waals surface area contributed by atoms with Crippen molar-refractivity contribution in [2.45, 2.75) is 13.3 Å². The lowest BCUT2D eigenvalue weighted by Crippen LogP contribution is -2.16. The number of hydrogen-bond donors (Lipinski definition) is 1. The molecule has 84 valence electrons. The van der Waals surface area contributed by atoms with Crippen LogP contribution in [0.2, 0.25) is 0 Å². The highest BCUT2D eigenvalue weighted by Gasteiger charge is 2.06. The zero-order valence-corrected chi connectivity index (χ0v) is 9.31. The second-order valence-corrected chi connectivity index (χ2v) is 3.47. The normalized spacial score (nSPS) is 10.6. The lowest BCUT2D eigenvalue weighted by Gasteiger charge is -1.96. The van der Waals surface area contributed by atoms with Crippen LogP contribution in [0.4, 0.5) is 0 Å². The van der Waals surface area contributed by atoms with Crippen molar-refractivity contribution in [1.29, 1.82) is 0 Å². The lowest BCUT2D eigenvalue weighted by molar-refractivity contribution is 0.496. The molecule has 16 heavy (non-hydrogen) atoms. The Bertz CT molecular complexity index is 425. The molecular formula is C12H15N3O. The molecule has 4 nitrogen and oxygen atoms in total. The van der Waals surface area contributed by atoms with Crippen molar-refractivity contribution in [2.24, 2.45) is 0 Å². The summed E-state index contributed by atoms with van der Waals surface area (Å²) in [6.45, 7) is 3.90. The maximum atomic E-state index is 5.55. The Morgan fingerprint density at radius 3 is 2.75 bits per heavy atom. The quantitative estimate of drug-likeness (QED) is 0.777. The molecule has 1 N–H and O–H groups in total. The van der Waals surface area contributed by atoms with Crippen LogP contribution in [0.1, 0.15) is 12.8 Å². The molecule has 0 spiro atoms. The molecule has 1 aromatic carbocycles. The summed E-state index contributed by atoms with van der Waals surface area (Å²) in [5.41, 5.74) is 0.963. The van der Waals surface area contributed by atoms with Gasteiger partial charge in [-0.15, -0.1) is 10.2 Å². The third-order valence-corrected chi connectivity index (χ3v) is 2.25. The highest BCUT2D eigenvalue weighted by Crippen LogP contribution is 2.16. The summed E-state index contributed by atoms with van der Waals surface area (Å²) in [6, 6.07) is 9.80. The highest BCUT2D eigenvalue weighted by molar-refractivity contribution is 5.51. The average molecular weight is 217 g/mol. The van der Waals surface area contributed by atoms with Gasteiger partial charge in [-0.3, -0.25) is 0 Å². The SMILES string of the molecule is CCNCCc1nnc(-c2ccccc2)o1. The number of aromatic nitrogens is 2. The van der Waals surface area contributed by atoms with Crippen LogP contribution in [0.3, 0.4) is 0 Å². The molecule has 0 unspecified atom stereocenters. The first kappa shape index (κ1) is 10.8. The van der Waals surface area contributed by atoms with E-state index in [-0.39, 0.29) is 0 Å². The fourth-order valence-corrected chi connectivity index (χ4v) is 1.42. The van der Waals surface area contributed by atoms with Gasteiger partial charge in [0.2, 0.25) is 11.8 Å². The van der Waals surface area contributed by atoms with Crippen LogP contribution in [-0.4, -0.2) is 23.3 Å². The molecule has 0 fully saturated rings. The molecule has 1 heterocycles. The fraction of sp³-hybridized carbons (Fsp3) is 0.333. The van der Waals surface area contributed by atoms with Crippen LogP contribution in [0.5, 0.6) is 0 Å². The second-order valence-electron chi connectivity index (χ2n) is 3.47. The zero-order valence-electron chi connectivity index (χ0n) is 9.31. The minimum Gasteiger partial charge on any atom is -0.421 e. The van der Waals surface area contributed by atoms with E-state index < -0.39 is 0 Å². The van der Waals surface area contributed by atoms with Crippen molar-refractivity contribution in [2.75, 3.05) is 13.1 Å². The van der Waals surface area contributed by atoms with E-state index in [1.807, 2.05) is 30.3 Å². The summed E-state index contributed by atoms with van der Waals surface area (Å²) in [7, 11) is 0. The van der Waals surface area contributed by atoms with Gasteiger partial charge in [0, 0.05) is 18.5 Å². The van der Waals surface area contributed by atoms with Crippen LogP contribution >= 0.6 is 0 Å². The molecule has 2 aromatic rings. The number of rotatable bonds is 5. The second kappa shape index (κ2) is 5.42. The average Bonchev–Trinajstić information content (AvgIpc) is 2.79. The van der Waals surface area contributed by atoms with Crippen molar-refractivity contribution < 1.29 is 4.42 Å². The Morgan fingerprint density at radius 2 is 2.00 bits per heavy atom. The van der Waals surface area contributed by atoms with Gasteiger partial charge in [-0.25, -0.2) is 0 Å². The summed E-state index contributed by atoms with van der Waals surface area (Å²) in [5, 5.41) is 11.2. The van der Waals surface area contributed by atoms with Gasteiger partial charge in [0.25, 0.3) is 0 Å². The molecule has 0 radical (unpaired) electrons. The Kier molecular flexibility index (Phi) is 3.66. The summed E-state index contributed by atoms with van der Waals surface area (Å²) < 4.78 is 5.55. The molecule has 0 aliphatic carbocycles. The third kappa shape index (κ3) is 2.67. The van der Waals surface area contributed by atoms with Crippen molar-refractivity contribution in [3.8, 4) is 11.5 Å². The minimum absolute atomic E-state index is 0.590. The Hall–Kier alpha value is -1.68. The fourth-order valence-electron chi connectivity index (χ4n) is 1.42. The number of hydrogen-bond acceptors (Lipinski definition) is 4. The largest absolute Gasteiger partial charge is 0.421 e. The summed E-state index contributed by atoms with van der Waals surface area (Å²) >= 11 is 0. The van der Waals surface area contributed by atoms with Gasteiger partial charge in [0.05, 0.1) is 0 Å². The smallest absolute Gasteiger partial charge is 0.247 e. The van der Waals surface area contributed by atoms with Gasteiger partial charge >= 0.3 is 0 Å². The Balaban J connectivity index is 2.02. The van der Waals surface area contributed by atoms with Gasteiger partial charge < -0.3 is 9.73 Å². The van der Waals surface area contributed by atoms with Gasteiger partial charge in [-0.05, 0) is 18.7 Å². The number of likely N-dealkylation sites (N-methyl/N-ethyl adjacent to an activating group) is 1. The van der Waals surface area contributed by atoms with E-state index in [9.17, 15) is 0 Å². The predicted octanol–water partition coefficient (Wildman–Crippen LogP) is 1.89. The molecule has 0 atom stereocenters. The van der Waals surface area contributed by atoms with Gasteiger partial charge in [-0.1, -0.05) is 25.1 Å². The molecule has 0 aliphatic rings. The maximum Gasteiger partial charge on any atom is 0.247 e. The summed E-state index contributed by atoms with van der Waals surface area (Å²) in [6.07, 6.45) is 0.772. The lowest BCUT2D eigenvalue weighted by atomic mass is 10.2. The highest BCUT2D eigenvalue weighted by atomic mass is 16.4. The van der Waals surface area contributed by atoms with Gasteiger partial charge in [-0.2, -0.15) is 0 Å². The predicted molar refractivity (Wildman–Crippen MR) is 62.0 cm³/mol. The van der Waals surface area contributed by atoms with Crippen LogP contribution in [-0.2, 0) is 6.42 Å². The first-order valence-electron chi connectivity index (χ1n) is 5.48. The molecular weight excluding hydrogens is 202 g/mol. The Labute approximate surface area is 94.7 Å². The number of nitrogens with one attached hydrogen (secondary N) is 1. The molecule has 0 bridgehead atoms. The van der Waals surface area contributed by atoms with Crippen LogP contribution in [0, 0.1) is 0 Å². The van der Waals surface area contributed by atoms with E-state index in [2.05, 4.69) is 22.4 Å². The van der Waals surface area contributed by atoms with Crippen molar-refractivity contribution in [3.63, 3.8) is 0 Å². The molecule has 0 saturated heterocycles. The third-order valence-electron chi connectivity index (χ3n) is 2.25. The first-order chi connectivity index (χ1) is 7.90. The molecule has 0 amide bonds. The van der Waals surface area contributed by atoms with Crippen molar-refractivity contribution >= 4 is 0 Å². The van der Waals surface area contributed by atoms with Crippen molar-refractivity contribution in [3.05, 3.63) is 36.2 Å². The van der Waals surface area contributed by atoms with E-state index in [1.165, 1.54) is 0 Å². The topological polar surface area (TPSA) is 51.0 Å². The molecule has 0 saturated carbocycles. The van der Waals surface area contributed by atoms with Crippen LogP contribution in [0.15, 0.2) is 34.7 Å². The van der Waals surface area contributed by atoms with E-state index in [1.54, 1.807) is 0 Å². The first-order valence-corrected chi connectivity index (χ1v) is 5.48. The maximum absolute atomic E-state index is 5.55. The molecule has 2 rings (SSSR count). The van der Waals surface area contributed by atoms with E-state index in [4.69, 9.17) is 4.42 Å². The number of nitrogens with zero attached hydrogens (tertiary/aromatic N) is 2. The van der Waals surface area contributed by atoms with E-state index in [0.717, 1.165) is 25.1 Å². The van der Waals surface area contributed by atoms with Gasteiger partial charge in [0.1, 0.15) is 0 Å². The van der Waals surface area contributed by atoms with Crippen LogP contribution < -0.4 is 5.32 Å². The van der Waals surface area contributed by atoms with Crippen molar-refractivity contribution in [1.82, 2.24) is 15.5 Å². The molecule has 0 aliphatic heterocycles. The molecule has 4 heteroatoms. The number of benzene rings is 1.